The summed E-state index contributed by atoms with van der Waals surface area (Å²) in [6.07, 6.45) is 0. The van der Waals surface area contributed by atoms with Gasteiger partial charge < -0.3 is 15.0 Å². The molecule has 0 unspecified atom stereocenters. The van der Waals surface area contributed by atoms with Gasteiger partial charge in [0.2, 0.25) is 0 Å². The van der Waals surface area contributed by atoms with Crippen molar-refractivity contribution in [3.05, 3.63) is 58.9 Å². The third-order valence-corrected chi connectivity index (χ3v) is 3.88. The lowest BCUT2D eigenvalue weighted by atomic mass is 10.2. The molecule has 1 amide bonds. The van der Waals surface area contributed by atoms with Crippen LogP contribution in [0.25, 0.3) is 0 Å². The number of halogens is 2. The van der Waals surface area contributed by atoms with E-state index in [1.807, 2.05) is 6.07 Å². The van der Waals surface area contributed by atoms with Crippen molar-refractivity contribution in [1.29, 1.82) is 0 Å². The number of hydrogen-bond acceptors (Lipinski definition) is 3. The molecule has 1 heterocycles. The number of anilines is 2. The van der Waals surface area contributed by atoms with Crippen molar-refractivity contribution in [1.82, 2.24) is 0 Å². The zero-order valence-electron chi connectivity index (χ0n) is 12.4. The number of nitrogens with one attached hydrogen (secondary N) is 1. The number of benzene rings is 2. The number of amides is 1. The normalized spacial score (nSPS) is 14.6. The average Bonchev–Trinajstić information content (AvgIpc) is 2.56. The van der Waals surface area contributed by atoms with Crippen LogP contribution in [0, 0.1) is 5.82 Å². The summed E-state index contributed by atoms with van der Waals surface area (Å²) < 4.78 is 18.6. The van der Waals surface area contributed by atoms with Gasteiger partial charge in [-0.25, -0.2) is 4.39 Å². The van der Waals surface area contributed by atoms with Crippen LogP contribution in [0.2, 0.25) is 5.02 Å². The van der Waals surface area contributed by atoms with Crippen LogP contribution in [-0.2, 0) is 4.74 Å². The Morgan fingerprint density at radius 2 is 1.96 bits per heavy atom. The van der Waals surface area contributed by atoms with Crippen molar-refractivity contribution in [3.8, 4) is 0 Å². The minimum atomic E-state index is -0.447. The van der Waals surface area contributed by atoms with Crippen LogP contribution >= 0.6 is 11.6 Å². The predicted molar refractivity (Wildman–Crippen MR) is 88.8 cm³/mol. The molecule has 0 spiro atoms. The van der Waals surface area contributed by atoms with E-state index >= 15 is 0 Å². The third kappa shape index (κ3) is 3.81. The summed E-state index contributed by atoms with van der Waals surface area (Å²) in [6.45, 7) is 2.76. The van der Waals surface area contributed by atoms with Crippen LogP contribution in [0.4, 0.5) is 15.8 Å². The fourth-order valence-electron chi connectivity index (χ4n) is 2.51. The first-order valence-electron chi connectivity index (χ1n) is 7.32. The van der Waals surface area contributed by atoms with Gasteiger partial charge in [-0.15, -0.1) is 0 Å². The summed E-state index contributed by atoms with van der Waals surface area (Å²) in [4.78, 5) is 14.5. The van der Waals surface area contributed by atoms with Crippen LogP contribution in [0.15, 0.2) is 42.5 Å². The molecule has 0 aliphatic carbocycles. The quantitative estimate of drug-likeness (QED) is 0.933. The average molecular weight is 335 g/mol. The maximum absolute atomic E-state index is 13.3. The lowest BCUT2D eigenvalue weighted by Gasteiger charge is -2.30. The van der Waals surface area contributed by atoms with Gasteiger partial charge in [0.25, 0.3) is 5.91 Å². The number of hydrogen-bond donors (Lipinski definition) is 1. The van der Waals surface area contributed by atoms with Crippen molar-refractivity contribution in [3.63, 3.8) is 0 Å². The maximum atomic E-state index is 13.3. The fourth-order valence-corrected chi connectivity index (χ4v) is 2.68. The Bertz CT molecular complexity index is 717. The lowest BCUT2D eigenvalue weighted by Crippen LogP contribution is -2.36. The molecular weight excluding hydrogens is 319 g/mol. The highest BCUT2D eigenvalue weighted by molar-refractivity contribution is 6.31. The lowest BCUT2D eigenvalue weighted by molar-refractivity contribution is 0.102. The fraction of sp³-hybridized carbons (Fsp3) is 0.235. The number of rotatable bonds is 3. The molecule has 0 saturated carbocycles. The second kappa shape index (κ2) is 6.98. The van der Waals surface area contributed by atoms with Gasteiger partial charge in [0.05, 0.1) is 24.6 Å². The summed E-state index contributed by atoms with van der Waals surface area (Å²) in [5.41, 5.74) is 1.74. The molecule has 120 valence electrons. The standard InChI is InChI=1S/C17H16ClFN2O2/c18-13-4-5-16(21-6-8-23-9-7-21)15(11-13)20-17(22)12-2-1-3-14(19)10-12/h1-5,10-11H,6-9H2,(H,20,22). The Hall–Kier alpha value is -2.11. The Labute approximate surface area is 138 Å². The summed E-state index contributed by atoms with van der Waals surface area (Å²) in [5.74, 6) is -0.821. The molecule has 2 aromatic carbocycles. The topological polar surface area (TPSA) is 41.6 Å². The van der Waals surface area contributed by atoms with E-state index in [4.69, 9.17) is 16.3 Å². The smallest absolute Gasteiger partial charge is 0.255 e. The van der Waals surface area contributed by atoms with E-state index in [0.717, 1.165) is 18.8 Å². The van der Waals surface area contributed by atoms with E-state index in [9.17, 15) is 9.18 Å². The van der Waals surface area contributed by atoms with E-state index in [-0.39, 0.29) is 11.5 Å². The monoisotopic (exact) mass is 334 g/mol. The Balaban J connectivity index is 1.86. The van der Waals surface area contributed by atoms with E-state index in [2.05, 4.69) is 10.2 Å². The van der Waals surface area contributed by atoms with Gasteiger partial charge in [0.15, 0.2) is 0 Å². The SMILES string of the molecule is O=C(Nc1cc(Cl)ccc1N1CCOCC1)c1cccc(F)c1. The van der Waals surface area contributed by atoms with Gasteiger partial charge in [0.1, 0.15) is 5.82 Å². The molecule has 1 aliphatic rings. The van der Waals surface area contributed by atoms with Gasteiger partial charge in [-0.2, -0.15) is 0 Å². The molecule has 0 atom stereocenters. The largest absolute Gasteiger partial charge is 0.378 e. The molecule has 1 aliphatic heterocycles. The number of carbonyl (C=O) groups excluding carboxylic acids is 1. The van der Waals surface area contributed by atoms with Crippen molar-refractivity contribution >= 4 is 28.9 Å². The zero-order chi connectivity index (χ0) is 16.2. The summed E-state index contributed by atoms with van der Waals surface area (Å²) in [6, 6.07) is 10.9. The van der Waals surface area contributed by atoms with Gasteiger partial charge in [0, 0.05) is 23.7 Å². The van der Waals surface area contributed by atoms with E-state index in [0.29, 0.717) is 23.9 Å². The molecule has 1 N–H and O–H groups in total. The summed E-state index contributed by atoms with van der Waals surface area (Å²) >= 11 is 6.06. The number of carbonyl (C=O) groups is 1. The Kier molecular flexibility index (Phi) is 4.79. The first-order chi connectivity index (χ1) is 11.1. The highest BCUT2D eigenvalue weighted by Crippen LogP contribution is 2.30. The molecule has 0 bridgehead atoms. The molecule has 3 rings (SSSR count). The van der Waals surface area contributed by atoms with Gasteiger partial charge in [-0.05, 0) is 36.4 Å². The zero-order valence-corrected chi connectivity index (χ0v) is 13.1. The predicted octanol–water partition coefficient (Wildman–Crippen LogP) is 3.57. The van der Waals surface area contributed by atoms with Gasteiger partial charge in [-0.3, -0.25) is 4.79 Å². The molecule has 6 heteroatoms. The van der Waals surface area contributed by atoms with Crippen LogP contribution in [0.1, 0.15) is 10.4 Å². The molecule has 0 radical (unpaired) electrons. The van der Waals surface area contributed by atoms with E-state index in [1.54, 1.807) is 18.2 Å². The van der Waals surface area contributed by atoms with Gasteiger partial charge >= 0.3 is 0 Å². The molecule has 1 fully saturated rings. The number of ether oxygens (including phenoxy) is 1. The highest BCUT2D eigenvalue weighted by Gasteiger charge is 2.17. The van der Waals surface area contributed by atoms with Crippen molar-refractivity contribution in [2.75, 3.05) is 36.5 Å². The van der Waals surface area contributed by atoms with Crippen molar-refractivity contribution < 1.29 is 13.9 Å². The van der Waals surface area contributed by atoms with Crippen LogP contribution in [-0.4, -0.2) is 32.2 Å². The molecule has 2 aromatic rings. The first kappa shape index (κ1) is 15.8. The third-order valence-electron chi connectivity index (χ3n) is 3.65. The van der Waals surface area contributed by atoms with Crippen LogP contribution in [0.5, 0.6) is 0 Å². The van der Waals surface area contributed by atoms with E-state index in [1.165, 1.54) is 18.2 Å². The second-order valence-electron chi connectivity index (χ2n) is 5.23. The molecule has 23 heavy (non-hydrogen) atoms. The molecular formula is C17H16ClFN2O2. The van der Waals surface area contributed by atoms with Gasteiger partial charge in [-0.1, -0.05) is 17.7 Å². The van der Waals surface area contributed by atoms with Crippen LogP contribution < -0.4 is 10.2 Å². The number of morpholine rings is 1. The molecule has 1 saturated heterocycles. The van der Waals surface area contributed by atoms with Crippen molar-refractivity contribution in [2.45, 2.75) is 0 Å². The summed E-state index contributed by atoms with van der Waals surface area (Å²) in [7, 11) is 0. The van der Waals surface area contributed by atoms with E-state index < -0.39 is 5.82 Å². The maximum Gasteiger partial charge on any atom is 0.255 e. The Morgan fingerprint density at radius 1 is 1.17 bits per heavy atom. The number of nitrogens with zero attached hydrogens (tertiary/aromatic N) is 1. The van der Waals surface area contributed by atoms with Crippen LogP contribution in [0.3, 0.4) is 0 Å². The minimum Gasteiger partial charge on any atom is -0.378 e. The Morgan fingerprint density at radius 3 is 2.70 bits per heavy atom. The first-order valence-corrected chi connectivity index (χ1v) is 7.70. The van der Waals surface area contributed by atoms with Crippen molar-refractivity contribution in [2.24, 2.45) is 0 Å². The summed E-state index contributed by atoms with van der Waals surface area (Å²) in [5, 5.41) is 3.34. The highest BCUT2D eigenvalue weighted by atomic mass is 35.5. The molecule has 4 nitrogen and oxygen atoms in total. The molecule has 0 aromatic heterocycles. The minimum absolute atomic E-state index is 0.262. The second-order valence-corrected chi connectivity index (χ2v) is 5.66.